The van der Waals surface area contributed by atoms with Crippen LogP contribution in [-0.2, 0) is 6.54 Å². The van der Waals surface area contributed by atoms with Crippen molar-refractivity contribution >= 4 is 27.5 Å². The number of benzene rings is 1. The van der Waals surface area contributed by atoms with Gasteiger partial charge in [0, 0.05) is 23.0 Å². The van der Waals surface area contributed by atoms with Gasteiger partial charge < -0.3 is 14.6 Å². The standard InChI is InChI=1S/C14H14BrN3/c1-9-2-4-10(5-3-9)14-13(16)11-6-7-17-12(11)8-18(14)15/h2-7,17H,8,16H2,1H3. The van der Waals surface area contributed by atoms with Crippen molar-refractivity contribution in [2.75, 3.05) is 0 Å². The summed E-state index contributed by atoms with van der Waals surface area (Å²) in [7, 11) is 0. The smallest absolute Gasteiger partial charge is 0.0784 e. The number of hydrogen-bond acceptors (Lipinski definition) is 2. The van der Waals surface area contributed by atoms with E-state index in [9.17, 15) is 0 Å². The Morgan fingerprint density at radius 2 is 1.94 bits per heavy atom. The quantitative estimate of drug-likeness (QED) is 0.795. The van der Waals surface area contributed by atoms with E-state index in [2.05, 4.69) is 52.3 Å². The SMILES string of the molecule is Cc1ccc(C2=C(N)c3cc[nH]c3CN2Br)cc1. The van der Waals surface area contributed by atoms with Crippen LogP contribution in [0.2, 0.25) is 0 Å². The Morgan fingerprint density at radius 1 is 1.22 bits per heavy atom. The van der Waals surface area contributed by atoms with Crippen LogP contribution in [0, 0.1) is 6.92 Å². The maximum absolute atomic E-state index is 6.28. The summed E-state index contributed by atoms with van der Waals surface area (Å²) in [6, 6.07) is 10.4. The van der Waals surface area contributed by atoms with E-state index in [-0.39, 0.29) is 0 Å². The number of hydrogen-bond donors (Lipinski definition) is 2. The minimum atomic E-state index is 0.784. The van der Waals surface area contributed by atoms with Crippen molar-refractivity contribution in [1.29, 1.82) is 0 Å². The molecule has 0 aliphatic carbocycles. The van der Waals surface area contributed by atoms with Crippen molar-refractivity contribution in [2.45, 2.75) is 13.5 Å². The van der Waals surface area contributed by atoms with E-state index >= 15 is 0 Å². The van der Waals surface area contributed by atoms with E-state index in [0.29, 0.717) is 0 Å². The van der Waals surface area contributed by atoms with E-state index < -0.39 is 0 Å². The van der Waals surface area contributed by atoms with Gasteiger partial charge in [-0.25, -0.2) is 0 Å². The minimum absolute atomic E-state index is 0.784. The minimum Gasteiger partial charge on any atom is -0.396 e. The zero-order valence-corrected chi connectivity index (χ0v) is 11.7. The van der Waals surface area contributed by atoms with E-state index in [4.69, 9.17) is 5.73 Å². The molecule has 0 radical (unpaired) electrons. The van der Waals surface area contributed by atoms with Gasteiger partial charge in [-0.15, -0.1) is 0 Å². The number of nitrogens with one attached hydrogen (secondary N) is 1. The Labute approximate surface area is 115 Å². The van der Waals surface area contributed by atoms with Crippen LogP contribution in [0.4, 0.5) is 0 Å². The highest BCUT2D eigenvalue weighted by Gasteiger charge is 2.23. The maximum Gasteiger partial charge on any atom is 0.0784 e. The number of aromatic amines is 1. The lowest BCUT2D eigenvalue weighted by atomic mass is 10.0. The average molecular weight is 304 g/mol. The number of fused-ring (bicyclic) bond motifs is 1. The predicted octanol–water partition coefficient (Wildman–Crippen LogP) is 3.23. The van der Waals surface area contributed by atoms with Crippen molar-refractivity contribution in [3.8, 4) is 0 Å². The second-order valence-corrected chi connectivity index (χ2v) is 5.37. The third-order valence-corrected chi connectivity index (χ3v) is 3.85. The largest absolute Gasteiger partial charge is 0.396 e. The predicted molar refractivity (Wildman–Crippen MR) is 77.4 cm³/mol. The van der Waals surface area contributed by atoms with Gasteiger partial charge in [0.15, 0.2) is 0 Å². The molecule has 3 rings (SSSR count). The molecule has 0 saturated heterocycles. The van der Waals surface area contributed by atoms with Gasteiger partial charge in [-0.2, -0.15) is 0 Å². The van der Waals surface area contributed by atoms with Gasteiger partial charge in [0.1, 0.15) is 0 Å². The van der Waals surface area contributed by atoms with Gasteiger partial charge in [-0.1, -0.05) is 29.8 Å². The first-order valence-corrected chi connectivity index (χ1v) is 6.54. The Hall–Kier alpha value is -1.68. The number of halogens is 1. The molecule has 18 heavy (non-hydrogen) atoms. The molecule has 1 aliphatic heterocycles. The summed E-state index contributed by atoms with van der Waals surface area (Å²) < 4.78 is 2.01. The van der Waals surface area contributed by atoms with Gasteiger partial charge in [0.05, 0.1) is 34.1 Å². The molecule has 0 bridgehead atoms. The topological polar surface area (TPSA) is 45.1 Å². The van der Waals surface area contributed by atoms with Crippen molar-refractivity contribution in [3.05, 3.63) is 58.9 Å². The molecule has 0 fully saturated rings. The summed E-state index contributed by atoms with van der Waals surface area (Å²) in [4.78, 5) is 3.21. The number of nitrogens with zero attached hydrogens (tertiary/aromatic N) is 1. The fourth-order valence-electron chi connectivity index (χ4n) is 2.27. The fraction of sp³-hybridized carbons (Fsp3) is 0.143. The summed E-state index contributed by atoms with van der Waals surface area (Å²) in [5.74, 6) is 0. The lowest BCUT2D eigenvalue weighted by Crippen LogP contribution is -2.20. The first-order valence-electron chi connectivity index (χ1n) is 5.83. The number of nitrogens with two attached hydrogens (primary N) is 1. The van der Waals surface area contributed by atoms with Crippen LogP contribution in [0.3, 0.4) is 0 Å². The third-order valence-electron chi connectivity index (χ3n) is 3.24. The Kier molecular flexibility index (Phi) is 2.67. The highest BCUT2D eigenvalue weighted by atomic mass is 79.9. The number of aryl methyl sites for hydroxylation is 1. The second-order valence-electron chi connectivity index (χ2n) is 4.52. The second kappa shape index (κ2) is 4.21. The molecule has 0 atom stereocenters. The summed E-state index contributed by atoms with van der Waals surface area (Å²) >= 11 is 3.58. The summed E-state index contributed by atoms with van der Waals surface area (Å²) in [6.45, 7) is 2.87. The first-order chi connectivity index (χ1) is 8.66. The average Bonchev–Trinajstić information content (AvgIpc) is 2.80. The van der Waals surface area contributed by atoms with Gasteiger partial charge in [-0.05, 0) is 13.0 Å². The van der Waals surface area contributed by atoms with E-state index in [1.165, 1.54) is 5.56 Å². The molecule has 4 heteroatoms. The summed E-state index contributed by atoms with van der Waals surface area (Å²) in [5.41, 5.74) is 12.7. The number of rotatable bonds is 1. The van der Waals surface area contributed by atoms with E-state index in [1.54, 1.807) is 0 Å². The number of H-pyrrole nitrogens is 1. The number of aromatic nitrogens is 1. The van der Waals surface area contributed by atoms with Crippen LogP contribution in [0.5, 0.6) is 0 Å². The Bertz CT molecular complexity index is 610. The molecule has 3 N–H and O–H groups in total. The van der Waals surface area contributed by atoms with Gasteiger partial charge in [-0.3, -0.25) is 0 Å². The van der Waals surface area contributed by atoms with Gasteiger partial charge in [0.2, 0.25) is 0 Å². The van der Waals surface area contributed by atoms with E-state index in [0.717, 1.165) is 34.8 Å². The highest BCUT2D eigenvalue weighted by molar-refractivity contribution is 9.07. The molecule has 92 valence electrons. The molecular weight excluding hydrogens is 290 g/mol. The van der Waals surface area contributed by atoms with Crippen LogP contribution in [0.25, 0.3) is 11.4 Å². The zero-order chi connectivity index (χ0) is 12.7. The Morgan fingerprint density at radius 3 is 2.67 bits per heavy atom. The first kappa shape index (κ1) is 11.4. The van der Waals surface area contributed by atoms with Crippen LogP contribution in [0.1, 0.15) is 22.4 Å². The van der Waals surface area contributed by atoms with E-state index in [1.807, 2.05) is 16.2 Å². The molecule has 0 saturated carbocycles. The molecule has 2 heterocycles. The molecular formula is C14H14BrN3. The molecule has 0 unspecified atom stereocenters. The summed E-state index contributed by atoms with van der Waals surface area (Å²) in [5, 5.41) is 0. The molecule has 0 amide bonds. The lowest BCUT2D eigenvalue weighted by Gasteiger charge is -2.27. The molecule has 1 aliphatic rings. The summed E-state index contributed by atoms with van der Waals surface area (Å²) in [6.07, 6.45) is 1.93. The van der Waals surface area contributed by atoms with Crippen LogP contribution in [0.15, 0.2) is 36.5 Å². The van der Waals surface area contributed by atoms with Gasteiger partial charge >= 0.3 is 0 Å². The third kappa shape index (κ3) is 1.73. The molecule has 3 nitrogen and oxygen atoms in total. The molecule has 2 aromatic rings. The van der Waals surface area contributed by atoms with Crippen molar-refractivity contribution in [1.82, 2.24) is 8.91 Å². The van der Waals surface area contributed by atoms with Crippen molar-refractivity contribution in [3.63, 3.8) is 0 Å². The van der Waals surface area contributed by atoms with Crippen molar-refractivity contribution in [2.24, 2.45) is 5.73 Å². The Balaban J connectivity index is 2.15. The molecule has 0 spiro atoms. The van der Waals surface area contributed by atoms with Crippen LogP contribution < -0.4 is 5.73 Å². The lowest BCUT2D eigenvalue weighted by molar-refractivity contribution is 0.642. The monoisotopic (exact) mass is 303 g/mol. The van der Waals surface area contributed by atoms with Gasteiger partial charge in [0.25, 0.3) is 0 Å². The van der Waals surface area contributed by atoms with Crippen LogP contribution in [-0.4, -0.2) is 8.91 Å². The fourth-order valence-corrected chi connectivity index (χ4v) is 2.92. The van der Waals surface area contributed by atoms with Crippen LogP contribution >= 0.6 is 16.1 Å². The zero-order valence-electron chi connectivity index (χ0n) is 10.1. The maximum atomic E-state index is 6.28. The normalized spacial score (nSPS) is 14.9. The highest BCUT2D eigenvalue weighted by Crippen LogP contribution is 2.35. The molecule has 1 aromatic carbocycles. The molecule has 1 aromatic heterocycles. The van der Waals surface area contributed by atoms with Crippen molar-refractivity contribution < 1.29 is 0 Å².